The lowest BCUT2D eigenvalue weighted by atomic mass is 10.2. The van der Waals surface area contributed by atoms with Gasteiger partial charge in [0.1, 0.15) is 11.6 Å². The first-order valence-corrected chi connectivity index (χ1v) is 6.54. The van der Waals surface area contributed by atoms with Crippen LogP contribution in [0.5, 0.6) is 17.2 Å². The second-order valence-electron chi connectivity index (χ2n) is 3.73. The van der Waals surface area contributed by atoms with Gasteiger partial charge in [0.25, 0.3) is 0 Å². The van der Waals surface area contributed by atoms with E-state index in [2.05, 4.69) is 4.98 Å². The molecule has 0 aliphatic heterocycles. The molecule has 7 heteroatoms. The van der Waals surface area contributed by atoms with Crippen LogP contribution in [0.15, 0.2) is 23.7 Å². The molecule has 0 aliphatic rings. The van der Waals surface area contributed by atoms with Gasteiger partial charge in [-0.2, -0.15) is 0 Å². The van der Waals surface area contributed by atoms with Crippen LogP contribution in [0, 0.1) is 0 Å². The first-order valence-electron chi connectivity index (χ1n) is 5.66. The van der Waals surface area contributed by atoms with E-state index in [1.54, 1.807) is 6.20 Å². The van der Waals surface area contributed by atoms with Crippen molar-refractivity contribution in [3.63, 3.8) is 0 Å². The van der Waals surface area contributed by atoms with Crippen molar-refractivity contribution in [1.29, 1.82) is 0 Å². The highest BCUT2D eigenvalue weighted by molar-refractivity contribution is 7.09. The number of aromatic carboxylic acids is 1. The first-order chi connectivity index (χ1) is 9.65. The number of thiazole rings is 1. The number of rotatable bonds is 6. The van der Waals surface area contributed by atoms with Gasteiger partial charge in [0, 0.05) is 11.6 Å². The Bertz CT molecular complexity index is 572. The second-order valence-corrected chi connectivity index (χ2v) is 4.71. The van der Waals surface area contributed by atoms with E-state index in [0.29, 0.717) is 17.2 Å². The fourth-order valence-corrected chi connectivity index (χ4v) is 2.13. The van der Waals surface area contributed by atoms with Crippen molar-refractivity contribution in [2.45, 2.75) is 6.61 Å². The summed E-state index contributed by atoms with van der Waals surface area (Å²) in [4.78, 5) is 15.1. The largest absolute Gasteiger partial charge is 0.493 e. The van der Waals surface area contributed by atoms with Gasteiger partial charge in [-0.05, 0) is 12.1 Å². The number of nitrogens with zero attached hydrogens (tertiary/aromatic N) is 1. The third-order valence-corrected chi connectivity index (χ3v) is 3.28. The zero-order chi connectivity index (χ0) is 14.5. The molecule has 20 heavy (non-hydrogen) atoms. The molecule has 0 saturated heterocycles. The maximum absolute atomic E-state index is 11.0. The number of carboxylic acids is 1. The van der Waals surface area contributed by atoms with Gasteiger partial charge in [-0.1, -0.05) is 0 Å². The predicted octanol–water partition coefficient (Wildman–Crippen LogP) is 2.44. The highest BCUT2D eigenvalue weighted by atomic mass is 32.1. The molecular formula is C13H13NO5S. The van der Waals surface area contributed by atoms with Crippen LogP contribution in [0.4, 0.5) is 0 Å². The summed E-state index contributed by atoms with van der Waals surface area (Å²) in [5, 5.41) is 11.7. The number of carboxylic acid groups (broad SMARTS) is 1. The van der Waals surface area contributed by atoms with Crippen LogP contribution in [0.3, 0.4) is 0 Å². The van der Waals surface area contributed by atoms with Gasteiger partial charge in [0.05, 0.1) is 19.8 Å². The summed E-state index contributed by atoms with van der Waals surface area (Å²) < 4.78 is 16.0. The first kappa shape index (κ1) is 14.1. The summed E-state index contributed by atoms with van der Waals surface area (Å²) in [6.45, 7) is 0.261. The van der Waals surface area contributed by atoms with Gasteiger partial charge in [0.2, 0.25) is 5.75 Å². The van der Waals surface area contributed by atoms with Gasteiger partial charge in [-0.3, -0.25) is 0 Å². The number of ether oxygens (including phenoxy) is 3. The Kier molecular flexibility index (Phi) is 4.41. The van der Waals surface area contributed by atoms with Crippen LogP contribution >= 0.6 is 11.3 Å². The number of benzene rings is 1. The monoisotopic (exact) mass is 295 g/mol. The molecule has 0 aliphatic carbocycles. The third kappa shape index (κ3) is 3.00. The topological polar surface area (TPSA) is 77.9 Å². The van der Waals surface area contributed by atoms with E-state index < -0.39 is 5.97 Å². The van der Waals surface area contributed by atoms with E-state index in [4.69, 9.17) is 19.3 Å². The quantitative estimate of drug-likeness (QED) is 0.882. The van der Waals surface area contributed by atoms with Gasteiger partial charge < -0.3 is 19.3 Å². The summed E-state index contributed by atoms with van der Waals surface area (Å²) in [7, 11) is 2.88. The standard InChI is InChI=1S/C13H13NO5S/c1-17-9-5-8(13(15)16)6-10(18-2)12(9)19-7-11-14-3-4-20-11/h3-6H,7H2,1-2H3,(H,15,16). The van der Waals surface area contributed by atoms with Crippen LogP contribution < -0.4 is 14.2 Å². The molecule has 0 amide bonds. The molecule has 1 aromatic carbocycles. The number of carbonyl (C=O) groups is 1. The van der Waals surface area contributed by atoms with E-state index in [1.165, 1.54) is 37.7 Å². The maximum Gasteiger partial charge on any atom is 0.335 e. The Morgan fingerprint density at radius 3 is 2.40 bits per heavy atom. The summed E-state index contributed by atoms with van der Waals surface area (Å²) in [5.74, 6) is -0.0973. The van der Waals surface area contributed by atoms with E-state index in [9.17, 15) is 4.79 Å². The van der Waals surface area contributed by atoms with E-state index >= 15 is 0 Å². The molecule has 106 valence electrons. The fraction of sp³-hybridized carbons (Fsp3) is 0.231. The molecule has 0 spiro atoms. The van der Waals surface area contributed by atoms with Crippen LogP contribution in [-0.4, -0.2) is 30.3 Å². The van der Waals surface area contributed by atoms with E-state index in [1.807, 2.05) is 5.38 Å². The second kappa shape index (κ2) is 6.25. The minimum absolute atomic E-state index is 0.0697. The van der Waals surface area contributed by atoms with Crippen molar-refractivity contribution in [2.24, 2.45) is 0 Å². The van der Waals surface area contributed by atoms with Gasteiger partial charge >= 0.3 is 5.97 Å². The number of hydrogen-bond acceptors (Lipinski definition) is 6. The van der Waals surface area contributed by atoms with Crippen LogP contribution in [0.2, 0.25) is 0 Å². The molecule has 1 N–H and O–H groups in total. The SMILES string of the molecule is COc1cc(C(=O)O)cc(OC)c1OCc1nccs1. The molecular weight excluding hydrogens is 282 g/mol. The van der Waals surface area contributed by atoms with Crippen molar-refractivity contribution in [2.75, 3.05) is 14.2 Å². The van der Waals surface area contributed by atoms with Crippen molar-refractivity contribution < 1.29 is 24.1 Å². The zero-order valence-corrected chi connectivity index (χ0v) is 11.8. The van der Waals surface area contributed by atoms with Crippen molar-refractivity contribution in [1.82, 2.24) is 4.98 Å². The molecule has 6 nitrogen and oxygen atoms in total. The van der Waals surface area contributed by atoms with Crippen molar-refractivity contribution in [3.8, 4) is 17.2 Å². The Balaban J connectivity index is 2.32. The molecule has 2 rings (SSSR count). The minimum Gasteiger partial charge on any atom is -0.493 e. The number of aromatic nitrogens is 1. The molecule has 0 saturated carbocycles. The maximum atomic E-state index is 11.0. The molecule has 2 aromatic rings. The molecule has 0 fully saturated rings. The van der Waals surface area contributed by atoms with Gasteiger partial charge in [0.15, 0.2) is 11.5 Å². The molecule has 1 heterocycles. The highest BCUT2D eigenvalue weighted by Crippen LogP contribution is 2.39. The average molecular weight is 295 g/mol. The summed E-state index contributed by atoms with van der Waals surface area (Å²) in [6, 6.07) is 2.78. The Labute approximate surface area is 119 Å². The lowest BCUT2D eigenvalue weighted by Gasteiger charge is -2.14. The Morgan fingerprint density at radius 1 is 1.30 bits per heavy atom. The fourth-order valence-electron chi connectivity index (χ4n) is 1.60. The zero-order valence-electron chi connectivity index (χ0n) is 11.0. The molecule has 0 atom stereocenters. The Hall–Kier alpha value is -2.28. The van der Waals surface area contributed by atoms with E-state index in [-0.39, 0.29) is 12.2 Å². The van der Waals surface area contributed by atoms with E-state index in [0.717, 1.165) is 5.01 Å². The third-order valence-electron chi connectivity index (χ3n) is 2.53. The number of methoxy groups -OCH3 is 2. The lowest BCUT2D eigenvalue weighted by Crippen LogP contribution is -2.03. The Morgan fingerprint density at radius 2 is 1.95 bits per heavy atom. The molecule has 0 bridgehead atoms. The van der Waals surface area contributed by atoms with Crippen LogP contribution in [-0.2, 0) is 6.61 Å². The molecule has 0 radical (unpaired) electrons. The molecule has 0 unspecified atom stereocenters. The van der Waals surface area contributed by atoms with Crippen LogP contribution in [0.1, 0.15) is 15.4 Å². The average Bonchev–Trinajstić information content (AvgIpc) is 2.97. The van der Waals surface area contributed by atoms with Gasteiger partial charge in [-0.25, -0.2) is 9.78 Å². The van der Waals surface area contributed by atoms with Crippen molar-refractivity contribution in [3.05, 3.63) is 34.3 Å². The normalized spacial score (nSPS) is 10.1. The van der Waals surface area contributed by atoms with Gasteiger partial charge in [-0.15, -0.1) is 11.3 Å². The summed E-state index contributed by atoms with van der Waals surface area (Å²) in [5.41, 5.74) is 0.0697. The minimum atomic E-state index is -1.06. The smallest absolute Gasteiger partial charge is 0.335 e. The summed E-state index contributed by atoms with van der Waals surface area (Å²) >= 11 is 1.47. The van der Waals surface area contributed by atoms with Crippen LogP contribution in [0.25, 0.3) is 0 Å². The summed E-state index contributed by atoms with van der Waals surface area (Å²) in [6.07, 6.45) is 1.69. The molecule has 1 aromatic heterocycles. The highest BCUT2D eigenvalue weighted by Gasteiger charge is 2.17. The van der Waals surface area contributed by atoms with Crippen molar-refractivity contribution >= 4 is 17.3 Å². The predicted molar refractivity (Wildman–Crippen MR) is 73.0 cm³/mol. The lowest BCUT2D eigenvalue weighted by molar-refractivity contribution is 0.0696. The number of hydrogen-bond donors (Lipinski definition) is 1.